The summed E-state index contributed by atoms with van der Waals surface area (Å²) < 4.78 is 12.5. The van der Waals surface area contributed by atoms with E-state index in [4.69, 9.17) is 9.47 Å². The SMILES string of the molecule is CCOc1cc(/C=N\N2C(=O)[C@@H]3[C@H](C2=O)[C@@H]2C=C[C@H]3CC2)cc(Br)c1OCc1ccccc1. The van der Waals surface area contributed by atoms with Gasteiger partial charge in [-0.15, -0.1) is 0 Å². The molecule has 2 fully saturated rings. The van der Waals surface area contributed by atoms with Crippen LogP contribution in [0.4, 0.5) is 0 Å². The van der Waals surface area contributed by atoms with Crippen LogP contribution in [0.15, 0.2) is 64.2 Å². The second-order valence-electron chi connectivity index (χ2n) is 8.61. The molecule has 170 valence electrons. The number of benzene rings is 2. The fourth-order valence-corrected chi connectivity index (χ4v) is 5.67. The number of hydrogen-bond acceptors (Lipinski definition) is 5. The summed E-state index contributed by atoms with van der Waals surface area (Å²) in [6.45, 7) is 2.78. The summed E-state index contributed by atoms with van der Waals surface area (Å²) in [4.78, 5) is 26.0. The van der Waals surface area contributed by atoms with Gasteiger partial charge in [0, 0.05) is 0 Å². The lowest BCUT2D eigenvalue weighted by atomic mass is 9.63. The predicted octanol–water partition coefficient (Wildman–Crippen LogP) is 4.96. The molecule has 1 heterocycles. The Morgan fingerprint density at radius 3 is 2.30 bits per heavy atom. The van der Waals surface area contributed by atoms with Crippen LogP contribution in [-0.4, -0.2) is 29.6 Å². The lowest BCUT2D eigenvalue weighted by Crippen LogP contribution is -2.38. The highest BCUT2D eigenvalue weighted by Crippen LogP contribution is 2.49. The van der Waals surface area contributed by atoms with E-state index >= 15 is 0 Å². The van der Waals surface area contributed by atoms with Crippen molar-refractivity contribution < 1.29 is 19.1 Å². The third-order valence-corrected chi connectivity index (χ3v) is 7.21. The Kier molecular flexibility index (Phi) is 6.06. The minimum atomic E-state index is -0.266. The normalized spacial score (nSPS) is 25.7. The molecule has 0 N–H and O–H groups in total. The van der Waals surface area contributed by atoms with E-state index in [1.54, 1.807) is 6.07 Å². The van der Waals surface area contributed by atoms with Gasteiger partial charge in [-0.2, -0.15) is 10.1 Å². The summed E-state index contributed by atoms with van der Waals surface area (Å²) in [6, 6.07) is 13.5. The molecule has 7 heteroatoms. The van der Waals surface area contributed by atoms with E-state index in [1.807, 2.05) is 43.3 Å². The molecule has 1 saturated heterocycles. The second kappa shape index (κ2) is 9.14. The van der Waals surface area contributed by atoms with Crippen LogP contribution in [0.1, 0.15) is 30.9 Å². The standard InChI is InChI=1S/C26H25BrN2O4/c1-2-32-21-13-17(12-20(27)24(21)33-15-16-6-4-3-5-7-16)14-28-29-25(30)22-18-8-9-19(11-10-18)23(22)26(29)31/h3-9,12-14,18-19,22-23H,2,10-11,15H2,1H3/b28-14-/t18-,19+,22-,23+. The fourth-order valence-electron chi connectivity index (χ4n) is 5.09. The molecular weight excluding hydrogens is 484 g/mol. The quantitative estimate of drug-likeness (QED) is 0.301. The van der Waals surface area contributed by atoms with Crippen molar-refractivity contribution in [2.75, 3.05) is 6.61 Å². The molecule has 1 saturated carbocycles. The van der Waals surface area contributed by atoms with Gasteiger partial charge in [0.1, 0.15) is 6.61 Å². The number of allylic oxidation sites excluding steroid dienone is 2. The first-order valence-electron chi connectivity index (χ1n) is 11.3. The molecule has 0 aromatic heterocycles. The number of imide groups is 1. The first-order valence-corrected chi connectivity index (χ1v) is 12.1. The Morgan fingerprint density at radius 1 is 1.03 bits per heavy atom. The molecule has 3 aliphatic carbocycles. The Hall–Kier alpha value is -2.93. The van der Waals surface area contributed by atoms with Gasteiger partial charge < -0.3 is 9.47 Å². The first-order chi connectivity index (χ1) is 16.1. The summed E-state index contributed by atoms with van der Waals surface area (Å²) in [5, 5.41) is 5.38. The van der Waals surface area contributed by atoms with Gasteiger partial charge in [0.05, 0.1) is 29.1 Å². The van der Waals surface area contributed by atoms with Crippen LogP contribution in [0.5, 0.6) is 11.5 Å². The molecule has 0 spiro atoms. The van der Waals surface area contributed by atoms with Crippen molar-refractivity contribution in [1.82, 2.24) is 5.01 Å². The van der Waals surface area contributed by atoms with Crippen LogP contribution in [0.2, 0.25) is 0 Å². The number of carbonyl (C=O) groups excluding carboxylic acids is 2. The van der Waals surface area contributed by atoms with Crippen molar-refractivity contribution in [2.45, 2.75) is 26.4 Å². The molecular formula is C26H25BrN2O4. The van der Waals surface area contributed by atoms with E-state index in [9.17, 15) is 9.59 Å². The predicted molar refractivity (Wildman–Crippen MR) is 128 cm³/mol. The van der Waals surface area contributed by atoms with Gasteiger partial charge in [-0.05, 0) is 70.8 Å². The Bertz CT molecular complexity index is 1100. The lowest BCUT2D eigenvalue weighted by molar-refractivity contribution is -0.140. The molecule has 4 atom stereocenters. The van der Waals surface area contributed by atoms with Crippen molar-refractivity contribution >= 4 is 34.0 Å². The molecule has 2 bridgehead atoms. The van der Waals surface area contributed by atoms with Crippen LogP contribution >= 0.6 is 15.9 Å². The summed E-state index contributed by atoms with van der Waals surface area (Å²) in [5.74, 6) is 0.557. The second-order valence-corrected chi connectivity index (χ2v) is 9.47. The number of rotatable bonds is 7. The highest BCUT2D eigenvalue weighted by Gasteiger charge is 2.56. The van der Waals surface area contributed by atoms with E-state index in [-0.39, 0.29) is 35.5 Å². The van der Waals surface area contributed by atoms with Gasteiger partial charge in [-0.25, -0.2) is 0 Å². The number of hydrogen-bond donors (Lipinski definition) is 0. The van der Waals surface area contributed by atoms with Crippen LogP contribution in [0.3, 0.4) is 0 Å². The van der Waals surface area contributed by atoms with E-state index in [0.29, 0.717) is 34.7 Å². The van der Waals surface area contributed by atoms with Crippen molar-refractivity contribution in [3.8, 4) is 11.5 Å². The van der Waals surface area contributed by atoms with E-state index in [2.05, 4.69) is 33.2 Å². The van der Waals surface area contributed by atoms with Crippen LogP contribution in [0.25, 0.3) is 0 Å². The Labute approximate surface area is 201 Å². The minimum absolute atomic E-state index is 0.149. The van der Waals surface area contributed by atoms with Crippen molar-refractivity contribution in [3.63, 3.8) is 0 Å². The average Bonchev–Trinajstić information content (AvgIpc) is 3.10. The highest BCUT2D eigenvalue weighted by atomic mass is 79.9. The molecule has 6 rings (SSSR count). The minimum Gasteiger partial charge on any atom is -0.490 e. The van der Waals surface area contributed by atoms with Crippen LogP contribution < -0.4 is 9.47 Å². The van der Waals surface area contributed by atoms with Crippen molar-refractivity contribution in [2.24, 2.45) is 28.8 Å². The third-order valence-electron chi connectivity index (χ3n) is 6.62. The number of hydrazone groups is 1. The molecule has 2 aromatic rings. The first kappa shape index (κ1) is 21.9. The maximum Gasteiger partial charge on any atom is 0.254 e. The molecule has 2 aromatic carbocycles. The van der Waals surface area contributed by atoms with Gasteiger partial charge in [0.25, 0.3) is 11.8 Å². The number of carbonyl (C=O) groups is 2. The number of halogens is 1. The van der Waals surface area contributed by atoms with Gasteiger partial charge in [-0.3, -0.25) is 9.59 Å². The molecule has 2 amide bonds. The van der Waals surface area contributed by atoms with Crippen LogP contribution in [0, 0.1) is 23.7 Å². The van der Waals surface area contributed by atoms with Crippen LogP contribution in [-0.2, 0) is 16.2 Å². The molecule has 4 aliphatic rings. The zero-order chi connectivity index (χ0) is 22.9. The van der Waals surface area contributed by atoms with E-state index in [1.165, 1.54) is 6.21 Å². The zero-order valence-corrected chi connectivity index (χ0v) is 19.9. The smallest absolute Gasteiger partial charge is 0.254 e. The van der Waals surface area contributed by atoms with E-state index in [0.717, 1.165) is 23.4 Å². The molecule has 0 radical (unpaired) electrons. The van der Waals surface area contributed by atoms with Gasteiger partial charge >= 0.3 is 0 Å². The topological polar surface area (TPSA) is 68.2 Å². The zero-order valence-electron chi connectivity index (χ0n) is 18.3. The average molecular weight is 509 g/mol. The maximum absolute atomic E-state index is 13.0. The molecule has 33 heavy (non-hydrogen) atoms. The summed E-state index contributed by atoms with van der Waals surface area (Å²) in [6.07, 6.45) is 7.68. The fraction of sp³-hybridized carbons (Fsp3) is 0.346. The molecule has 6 nitrogen and oxygen atoms in total. The largest absolute Gasteiger partial charge is 0.490 e. The number of ether oxygens (including phenoxy) is 2. The van der Waals surface area contributed by atoms with Gasteiger partial charge in [0.2, 0.25) is 0 Å². The Balaban J connectivity index is 1.36. The third kappa shape index (κ3) is 4.10. The van der Waals surface area contributed by atoms with Gasteiger partial charge in [0.15, 0.2) is 11.5 Å². The summed E-state index contributed by atoms with van der Waals surface area (Å²) in [5.41, 5.74) is 1.75. The van der Waals surface area contributed by atoms with Crippen molar-refractivity contribution in [3.05, 3.63) is 70.2 Å². The van der Waals surface area contributed by atoms with Gasteiger partial charge in [-0.1, -0.05) is 42.5 Å². The summed E-state index contributed by atoms with van der Waals surface area (Å²) >= 11 is 3.57. The Morgan fingerprint density at radius 2 is 1.70 bits per heavy atom. The maximum atomic E-state index is 13.0. The molecule has 0 unspecified atom stereocenters. The molecule has 1 aliphatic heterocycles. The van der Waals surface area contributed by atoms with E-state index < -0.39 is 0 Å². The lowest BCUT2D eigenvalue weighted by Gasteiger charge is -2.37. The number of fused-ring (bicyclic) bond motifs is 1. The number of amides is 2. The van der Waals surface area contributed by atoms with Crippen molar-refractivity contribution in [1.29, 1.82) is 0 Å². The summed E-state index contributed by atoms with van der Waals surface area (Å²) in [7, 11) is 0. The highest BCUT2D eigenvalue weighted by molar-refractivity contribution is 9.10. The monoisotopic (exact) mass is 508 g/mol. The number of nitrogens with zero attached hydrogens (tertiary/aromatic N) is 2.